The molecule has 1 aromatic rings. The summed E-state index contributed by atoms with van der Waals surface area (Å²) < 4.78 is 7.38. The Morgan fingerprint density at radius 2 is 2.08 bits per heavy atom. The predicted octanol–water partition coefficient (Wildman–Crippen LogP) is 0.222. The standard InChI is InChI=1S/C16H27N7O2.HI/c1-3-17-16(18-11-14-20-19-12-21(14)2)23-8-6-22(7-9-23)15(24)13-5-4-10-25-13;/h12-13H,3-11H2,1-2H3,(H,17,18);1H. The zero-order chi connectivity index (χ0) is 17.6. The van der Waals surface area contributed by atoms with Crippen LogP contribution in [0.4, 0.5) is 0 Å². The minimum absolute atomic E-state index is 0. The SMILES string of the molecule is CCNC(=NCc1nncn1C)N1CCN(C(=O)C2CCCO2)CC1.I. The predicted molar refractivity (Wildman–Crippen MR) is 108 cm³/mol. The lowest BCUT2D eigenvalue weighted by Gasteiger charge is -2.37. The Bertz CT molecular complexity index is 607. The van der Waals surface area contributed by atoms with E-state index in [-0.39, 0.29) is 36.0 Å². The lowest BCUT2D eigenvalue weighted by Crippen LogP contribution is -2.55. The van der Waals surface area contributed by atoms with Crippen molar-refractivity contribution in [2.24, 2.45) is 12.0 Å². The zero-order valence-electron chi connectivity index (χ0n) is 15.4. The molecule has 9 nitrogen and oxygen atoms in total. The topological polar surface area (TPSA) is 87.9 Å². The maximum atomic E-state index is 12.4. The molecule has 26 heavy (non-hydrogen) atoms. The summed E-state index contributed by atoms with van der Waals surface area (Å²) in [6, 6.07) is 0. The van der Waals surface area contributed by atoms with Crippen molar-refractivity contribution in [1.82, 2.24) is 29.9 Å². The third-order valence-electron chi connectivity index (χ3n) is 4.61. The van der Waals surface area contributed by atoms with Gasteiger partial charge in [-0.15, -0.1) is 34.2 Å². The number of ether oxygens (including phenoxy) is 1. The fourth-order valence-electron chi connectivity index (χ4n) is 3.14. The second-order valence-electron chi connectivity index (χ2n) is 6.34. The fraction of sp³-hybridized carbons (Fsp3) is 0.750. The van der Waals surface area contributed by atoms with Gasteiger partial charge in [-0.25, -0.2) is 4.99 Å². The number of nitrogens with one attached hydrogen (secondary N) is 1. The van der Waals surface area contributed by atoms with E-state index in [1.54, 1.807) is 6.33 Å². The molecule has 0 radical (unpaired) electrons. The molecule has 0 spiro atoms. The van der Waals surface area contributed by atoms with Gasteiger partial charge in [0.05, 0.1) is 0 Å². The molecular formula is C16H28IN7O2. The first-order valence-corrected chi connectivity index (χ1v) is 8.95. The number of aromatic nitrogens is 3. The molecule has 2 saturated heterocycles. The molecule has 0 bridgehead atoms. The van der Waals surface area contributed by atoms with Crippen molar-refractivity contribution in [2.45, 2.75) is 32.4 Å². The number of nitrogens with zero attached hydrogens (tertiary/aromatic N) is 6. The van der Waals surface area contributed by atoms with Crippen molar-refractivity contribution in [3.8, 4) is 0 Å². The van der Waals surface area contributed by atoms with E-state index < -0.39 is 0 Å². The van der Waals surface area contributed by atoms with Gasteiger partial charge in [0.2, 0.25) is 0 Å². The van der Waals surface area contributed by atoms with Crippen LogP contribution in [0.25, 0.3) is 0 Å². The molecule has 2 aliphatic rings. The highest BCUT2D eigenvalue weighted by atomic mass is 127. The molecule has 1 amide bonds. The highest BCUT2D eigenvalue weighted by molar-refractivity contribution is 14.0. The summed E-state index contributed by atoms with van der Waals surface area (Å²) >= 11 is 0. The number of hydrogen-bond donors (Lipinski definition) is 1. The van der Waals surface area contributed by atoms with Gasteiger partial charge >= 0.3 is 0 Å². The maximum Gasteiger partial charge on any atom is 0.251 e. The van der Waals surface area contributed by atoms with Crippen LogP contribution in [0.2, 0.25) is 0 Å². The monoisotopic (exact) mass is 477 g/mol. The third-order valence-corrected chi connectivity index (χ3v) is 4.61. The van der Waals surface area contributed by atoms with Crippen LogP contribution < -0.4 is 5.32 Å². The highest BCUT2D eigenvalue weighted by Crippen LogP contribution is 2.16. The van der Waals surface area contributed by atoms with E-state index in [2.05, 4.69) is 32.3 Å². The van der Waals surface area contributed by atoms with Gasteiger partial charge in [-0.2, -0.15) is 0 Å². The van der Waals surface area contributed by atoms with E-state index in [4.69, 9.17) is 4.74 Å². The first-order valence-electron chi connectivity index (χ1n) is 8.95. The smallest absolute Gasteiger partial charge is 0.251 e. The van der Waals surface area contributed by atoms with Crippen LogP contribution in [-0.4, -0.2) is 81.9 Å². The van der Waals surface area contributed by atoms with Gasteiger partial charge in [0.1, 0.15) is 19.0 Å². The Kier molecular flexibility index (Phi) is 8.07. The third kappa shape index (κ3) is 5.06. The molecule has 146 valence electrons. The molecule has 1 atom stereocenters. The van der Waals surface area contributed by atoms with Crippen molar-refractivity contribution < 1.29 is 9.53 Å². The largest absolute Gasteiger partial charge is 0.368 e. The van der Waals surface area contributed by atoms with E-state index in [0.29, 0.717) is 26.2 Å². The number of aryl methyl sites for hydroxylation is 1. The van der Waals surface area contributed by atoms with E-state index in [0.717, 1.165) is 44.3 Å². The van der Waals surface area contributed by atoms with E-state index in [9.17, 15) is 4.79 Å². The van der Waals surface area contributed by atoms with Crippen molar-refractivity contribution >= 4 is 35.8 Å². The summed E-state index contributed by atoms with van der Waals surface area (Å²) in [6.07, 6.45) is 3.27. The number of hydrogen-bond acceptors (Lipinski definition) is 5. The molecule has 3 rings (SSSR count). The second-order valence-corrected chi connectivity index (χ2v) is 6.34. The molecule has 0 aromatic carbocycles. The number of carbonyl (C=O) groups excluding carboxylic acids is 1. The average Bonchev–Trinajstić information content (AvgIpc) is 3.30. The molecular weight excluding hydrogens is 449 g/mol. The van der Waals surface area contributed by atoms with Gasteiger partial charge in [-0.3, -0.25) is 4.79 Å². The van der Waals surface area contributed by atoms with Crippen LogP contribution >= 0.6 is 24.0 Å². The van der Waals surface area contributed by atoms with E-state index in [1.807, 2.05) is 16.5 Å². The molecule has 2 aliphatic heterocycles. The highest BCUT2D eigenvalue weighted by Gasteiger charge is 2.30. The van der Waals surface area contributed by atoms with Gasteiger partial charge in [-0.1, -0.05) is 0 Å². The molecule has 0 saturated carbocycles. The summed E-state index contributed by atoms with van der Waals surface area (Å²) in [5.41, 5.74) is 0. The summed E-state index contributed by atoms with van der Waals surface area (Å²) in [5.74, 6) is 1.82. The first kappa shape index (κ1) is 20.9. The number of aliphatic imine (C=N–C) groups is 1. The molecule has 0 aliphatic carbocycles. The van der Waals surface area contributed by atoms with E-state index in [1.165, 1.54) is 0 Å². The second kappa shape index (κ2) is 10.0. The van der Waals surface area contributed by atoms with Crippen LogP contribution in [0.15, 0.2) is 11.3 Å². The summed E-state index contributed by atoms with van der Waals surface area (Å²) in [7, 11) is 1.91. The van der Waals surface area contributed by atoms with Gasteiger partial charge < -0.3 is 24.4 Å². The normalized spacial score (nSPS) is 20.8. The number of guanidine groups is 1. The molecule has 10 heteroatoms. The summed E-state index contributed by atoms with van der Waals surface area (Å²) in [5, 5.41) is 11.3. The van der Waals surface area contributed by atoms with Crippen LogP contribution in [0, 0.1) is 0 Å². The van der Waals surface area contributed by atoms with Crippen LogP contribution in [0.5, 0.6) is 0 Å². The van der Waals surface area contributed by atoms with Crippen molar-refractivity contribution in [3.63, 3.8) is 0 Å². The van der Waals surface area contributed by atoms with Gasteiger partial charge in [0, 0.05) is 46.4 Å². The van der Waals surface area contributed by atoms with Gasteiger partial charge in [0.25, 0.3) is 5.91 Å². The number of carbonyl (C=O) groups is 1. The molecule has 1 unspecified atom stereocenters. The van der Waals surface area contributed by atoms with Crippen molar-refractivity contribution in [1.29, 1.82) is 0 Å². The molecule has 3 heterocycles. The Hall–Kier alpha value is -1.43. The Morgan fingerprint density at radius 1 is 1.35 bits per heavy atom. The summed E-state index contributed by atoms with van der Waals surface area (Å²) in [6.45, 7) is 6.97. The minimum Gasteiger partial charge on any atom is -0.368 e. The van der Waals surface area contributed by atoms with E-state index >= 15 is 0 Å². The molecule has 2 fully saturated rings. The van der Waals surface area contributed by atoms with Crippen molar-refractivity contribution in [2.75, 3.05) is 39.3 Å². The van der Waals surface area contributed by atoms with Gasteiger partial charge in [0.15, 0.2) is 11.8 Å². The van der Waals surface area contributed by atoms with Crippen molar-refractivity contribution in [3.05, 3.63) is 12.2 Å². The Morgan fingerprint density at radius 3 is 2.65 bits per heavy atom. The zero-order valence-corrected chi connectivity index (χ0v) is 17.8. The summed E-state index contributed by atoms with van der Waals surface area (Å²) in [4.78, 5) is 21.2. The molecule has 1 N–H and O–H groups in total. The fourth-order valence-corrected chi connectivity index (χ4v) is 3.14. The Labute approximate surface area is 171 Å². The first-order chi connectivity index (χ1) is 12.2. The lowest BCUT2D eigenvalue weighted by atomic mass is 10.2. The number of piperazine rings is 1. The average molecular weight is 477 g/mol. The quantitative estimate of drug-likeness (QED) is 0.380. The molecule has 1 aromatic heterocycles. The van der Waals surface area contributed by atoms with Crippen LogP contribution in [-0.2, 0) is 23.1 Å². The Balaban J connectivity index is 0.00000243. The number of halogens is 1. The van der Waals surface area contributed by atoms with Crippen LogP contribution in [0.1, 0.15) is 25.6 Å². The number of amides is 1. The minimum atomic E-state index is -0.232. The lowest BCUT2D eigenvalue weighted by molar-refractivity contribution is -0.142. The number of rotatable bonds is 4. The van der Waals surface area contributed by atoms with Crippen LogP contribution in [0.3, 0.4) is 0 Å². The maximum absolute atomic E-state index is 12.4. The van der Waals surface area contributed by atoms with Gasteiger partial charge in [-0.05, 0) is 19.8 Å².